The SMILES string of the molecule is Cc1nsc(Sc2nc(C)nc3sc(C)c(C)c23)n1. The number of nitrogens with zero attached hydrogens (tertiary/aromatic N) is 4. The smallest absolute Gasteiger partial charge is 0.176 e. The molecule has 3 aromatic rings. The zero-order valence-electron chi connectivity index (χ0n) is 11.0. The molecule has 7 heteroatoms. The molecule has 0 N–H and O–H groups in total. The largest absolute Gasteiger partial charge is 0.226 e. The van der Waals surface area contributed by atoms with E-state index < -0.39 is 0 Å². The Bertz CT molecular complexity index is 760. The Morgan fingerprint density at radius 1 is 0.947 bits per heavy atom. The first-order valence-corrected chi connectivity index (χ1v) is 8.17. The van der Waals surface area contributed by atoms with Gasteiger partial charge in [0.1, 0.15) is 21.5 Å². The minimum absolute atomic E-state index is 0.803. The standard InChI is InChI=1S/C12H12N4S3/c1-5-6(2)17-10-9(5)11(14-7(3)13-10)18-12-15-8(4)16-19-12/h1-4H3. The van der Waals surface area contributed by atoms with Crippen LogP contribution < -0.4 is 0 Å². The summed E-state index contributed by atoms with van der Waals surface area (Å²) in [4.78, 5) is 15.9. The second kappa shape index (κ2) is 4.81. The van der Waals surface area contributed by atoms with Crippen molar-refractivity contribution >= 4 is 44.8 Å². The molecule has 0 aliphatic carbocycles. The van der Waals surface area contributed by atoms with E-state index in [4.69, 9.17) is 0 Å². The molecule has 98 valence electrons. The molecule has 0 aromatic carbocycles. The predicted molar refractivity (Wildman–Crippen MR) is 80.4 cm³/mol. The van der Waals surface area contributed by atoms with Gasteiger partial charge in [0.05, 0.1) is 0 Å². The lowest BCUT2D eigenvalue weighted by Crippen LogP contribution is -1.91. The third-order valence-corrected chi connectivity index (χ3v) is 5.73. The highest BCUT2D eigenvalue weighted by molar-refractivity contribution is 8.01. The molecule has 3 heterocycles. The van der Waals surface area contributed by atoms with E-state index in [0.29, 0.717) is 0 Å². The van der Waals surface area contributed by atoms with Crippen LogP contribution in [0.2, 0.25) is 0 Å². The first-order valence-electron chi connectivity index (χ1n) is 5.77. The van der Waals surface area contributed by atoms with Crippen LogP contribution in [0.25, 0.3) is 10.2 Å². The van der Waals surface area contributed by atoms with E-state index in [0.717, 1.165) is 31.2 Å². The van der Waals surface area contributed by atoms with E-state index in [1.54, 1.807) is 23.1 Å². The molecule has 0 atom stereocenters. The molecule has 0 spiro atoms. The molecule has 3 rings (SSSR count). The van der Waals surface area contributed by atoms with Crippen molar-refractivity contribution in [2.75, 3.05) is 0 Å². The maximum absolute atomic E-state index is 4.58. The summed E-state index contributed by atoms with van der Waals surface area (Å²) in [7, 11) is 0. The molecule has 0 amide bonds. The van der Waals surface area contributed by atoms with E-state index in [1.165, 1.54) is 22.0 Å². The van der Waals surface area contributed by atoms with Gasteiger partial charge in [-0.2, -0.15) is 4.37 Å². The van der Waals surface area contributed by atoms with E-state index in [1.807, 2.05) is 13.8 Å². The van der Waals surface area contributed by atoms with Crippen molar-refractivity contribution in [3.8, 4) is 0 Å². The van der Waals surface area contributed by atoms with Crippen molar-refractivity contribution in [3.05, 3.63) is 22.1 Å². The monoisotopic (exact) mass is 308 g/mol. The number of hydrogen-bond donors (Lipinski definition) is 0. The maximum atomic E-state index is 4.58. The summed E-state index contributed by atoms with van der Waals surface area (Å²) in [5.74, 6) is 1.62. The molecule has 0 radical (unpaired) electrons. The lowest BCUT2D eigenvalue weighted by Gasteiger charge is -2.02. The summed E-state index contributed by atoms with van der Waals surface area (Å²) in [5, 5.41) is 2.14. The van der Waals surface area contributed by atoms with Crippen LogP contribution in [0.3, 0.4) is 0 Å². The average Bonchev–Trinajstić information content (AvgIpc) is 2.84. The van der Waals surface area contributed by atoms with Crippen LogP contribution in [-0.4, -0.2) is 19.3 Å². The summed E-state index contributed by atoms with van der Waals surface area (Å²) in [5.41, 5.74) is 1.27. The van der Waals surface area contributed by atoms with Gasteiger partial charge in [0.2, 0.25) is 0 Å². The van der Waals surface area contributed by atoms with Crippen molar-refractivity contribution in [1.82, 2.24) is 19.3 Å². The zero-order chi connectivity index (χ0) is 13.6. The average molecular weight is 308 g/mol. The number of rotatable bonds is 2. The van der Waals surface area contributed by atoms with E-state index >= 15 is 0 Å². The maximum Gasteiger partial charge on any atom is 0.176 e. The predicted octanol–water partition coefficient (Wildman–Crippen LogP) is 3.93. The molecular weight excluding hydrogens is 296 g/mol. The van der Waals surface area contributed by atoms with Crippen LogP contribution in [-0.2, 0) is 0 Å². The first-order chi connectivity index (χ1) is 9.04. The summed E-state index contributed by atoms with van der Waals surface area (Å²) in [6.45, 7) is 8.09. The van der Waals surface area contributed by atoms with Gasteiger partial charge in [-0.3, -0.25) is 0 Å². The van der Waals surface area contributed by atoms with Crippen molar-refractivity contribution in [3.63, 3.8) is 0 Å². The van der Waals surface area contributed by atoms with Gasteiger partial charge in [-0.05, 0) is 56.6 Å². The number of aryl methyl sites for hydroxylation is 4. The van der Waals surface area contributed by atoms with Crippen molar-refractivity contribution in [1.29, 1.82) is 0 Å². The molecule has 4 nitrogen and oxygen atoms in total. The topological polar surface area (TPSA) is 51.6 Å². The molecular formula is C12H12N4S3. The molecule has 19 heavy (non-hydrogen) atoms. The lowest BCUT2D eigenvalue weighted by atomic mass is 10.2. The second-order valence-electron chi connectivity index (χ2n) is 4.25. The van der Waals surface area contributed by atoms with Gasteiger partial charge in [0.25, 0.3) is 0 Å². The molecule has 0 aliphatic rings. The fraction of sp³-hybridized carbons (Fsp3) is 0.333. The molecule has 0 fully saturated rings. The number of aromatic nitrogens is 4. The molecule has 0 unspecified atom stereocenters. The summed E-state index contributed by atoms with van der Waals surface area (Å²) >= 11 is 4.72. The Balaban J connectivity index is 2.16. The van der Waals surface area contributed by atoms with Gasteiger partial charge in [-0.1, -0.05) is 0 Å². The lowest BCUT2D eigenvalue weighted by molar-refractivity contribution is 1.01. The van der Waals surface area contributed by atoms with Gasteiger partial charge in [-0.15, -0.1) is 11.3 Å². The molecule has 0 saturated heterocycles. The van der Waals surface area contributed by atoms with Crippen molar-refractivity contribution < 1.29 is 0 Å². The Morgan fingerprint density at radius 2 is 1.74 bits per heavy atom. The Kier molecular flexibility index (Phi) is 3.28. The normalized spacial score (nSPS) is 11.4. The van der Waals surface area contributed by atoms with Crippen molar-refractivity contribution in [2.45, 2.75) is 37.1 Å². The van der Waals surface area contributed by atoms with Crippen LogP contribution in [0.4, 0.5) is 0 Å². The molecule has 0 saturated carbocycles. The van der Waals surface area contributed by atoms with Gasteiger partial charge < -0.3 is 0 Å². The van der Waals surface area contributed by atoms with Crippen LogP contribution in [0.15, 0.2) is 9.37 Å². The Labute approximate surface area is 123 Å². The summed E-state index contributed by atoms with van der Waals surface area (Å²) < 4.78 is 5.14. The molecule has 0 bridgehead atoms. The molecule has 3 aromatic heterocycles. The minimum atomic E-state index is 0.803. The van der Waals surface area contributed by atoms with Gasteiger partial charge >= 0.3 is 0 Å². The van der Waals surface area contributed by atoms with Crippen LogP contribution in [0.5, 0.6) is 0 Å². The zero-order valence-corrected chi connectivity index (χ0v) is 13.5. The summed E-state index contributed by atoms with van der Waals surface area (Å²) in [6.07, 6.45) is 0. The number of hydrogen-bond acceptors (Lipinski definition) is 7. The third-order valence-electron chi connectivity index (χ3n) is 2.80. The fourth-order valence-corrected chi connectivity index (χ4v) is 4.72. The van der Waals surface area contributed by atoms with Crippen LogP contribution in [0, 0.1) is 27.7 Å². The number of thiophene rings is 1. The van der Waals surface area contributed by atoms with E-state index in [-0.39, 0.29) is 0 Å². The minimum Gasteiger partial charge on any atom is -0.226 e. The highest BCUT2D eigenvalue weighted by Gasteiger charge is 2.15. The van der Waals surface area contributed by atoms with Crippen LogP contribution in [0.1, 0.15) is 22.1 Å². The van der Waals surface area contributed by atoms with E-state index in [9.17, 15) is 0 Å². The van der Waals surface area contributed by atoms with Crippen LogP contribution >= 0.6 is 34.6 Å². The van der Waals surface area contributed by atoms with Gasteiger partial charge in [0, 0.05) is 10.3 Å². The first kappa shape index (κ1) is 13.0. The Morgan fingerprint density at radius 3 is 2.42 bits per heavy atom. The quantitative estimate of drug-likeness (QED) is 0.671. The van der Waals surface area contributed by atoms with Gasteiger partial charge in [0.15, 0.2) is 4.34 Å². The van der Waals surface area contributed by atoms with Gasteiger partial charge in [-0.25, -0.2) is 15.0 Å². The second-order valence-corrected chi connectivity index (χ2v) is 7.44. The Hall–Kier alpha value is -1.05. The highest BCUT2D eigenvalue weighted by Crippen LogP contribution is 2.38. The fourth-order valence-electron chi connectivity index (χ4n) is 1.79. The summed E-state index contributed by atoms with van der Waals surface area (Å²) in [6, 6.07) is 0. The molecule has 0 aliphatic heterocycles. The third kappa shape index (κ3) is 2.37. The number of fused-ring (bicyclic) bond motifs is 1. The van der Waals surface area contributed by atoms with E-state index in [2.05, 4.69) is 33.2 Å². The highest BCUT2D eigenvalue weighted by atomic mass is 32.2. The van der Waals surface area contributed by atoms with Crippen molar-refractivity contribution in [2.24, 2.45) is 0 Å².